The van der Waals surface area contributed by atoms with Crippen LogP contribution in [0.5, 0.6) is 0 Å². The zero-order valence-corrected chi connectivity index (χ0v) is 18.8. The number of anilines is 1. The molecule has 1 saturated heterocycles. The Balaban J connectivity index is 1.33. The molecule has 0 saturated carbocycles. The van der Waals surface area contributed by atoms with Crippen LogP contribution in [0, 0.1) is 5.41 Å². The minimum atomic E-state index is -0.252. The van der Waals surface area contributed by atoms with E-state index in [0.717, 1.165) is 28.4 Å². The molecule has 6 heterocycles. The maximum Gasteiger partial charge on any atom is 0.261 e. The van der Waals surface area contributed by atoms with Crippen molar-refractivity contribution >= 4 is 49.7 Å². The molecule has 5 aromatic rings. The number of amides is 1. The highest BCUT2D eigenvalue weighted by Crippen LogP contribution is 2.33. The monoisotopic (exact) mass is 460 g/mol. The first-order chi connectivity index (χ1) is 15.9. The van der Waals surface area contributed by atoms with Gasteiger partial charge in [0.25, 0.3) is 5.56 Å². The van der Waals surface area contributed by atoms with Gasteiger partial charge < -0.3 is 10.3 Å². The minimum Gasteiger partial charge on any atom is -0.324 e. The highest BCUT2D eigenvalue weighted by Gasteiger charge is 2.34. The topological polar surface area (TPSA) is 121 Å². The van der Waals surface area contributed by atoms with Gasteiger partial charge in [0.05, 0.1) is 28.8 Å². The number of thiazole rings is 1. The van der Waals surface area contributed by atoms with Crippen LogP contribution in [-0.4, -0.2) is 60.0 Å². The van der Waals surface area contributed by atoms with Gasteiger partial charge in [-0.1, -0.05) is 13.8 Å². The molecule has 11 heteroatoms. The Hall–Kier alpha value is -3.70. The quantitative estimate of drug-likeness (QED) is 0.423. The van der Waals surface area contributed by atoms with E-state index < -0.39 is 0 Å². The molecule has 6 rings (SSSR count). The predicted molar refractivity (Wildman–Crippen MR) is 126 cm³/mol. The number of H-pyrrole nitrogens is 1. The largest absolute Gasteiger partial charge is 0.324 e. The number of pyridine rings is 2. The molecule has 0 atom stereocenters. The maximum absolute atomic E-state index is 13.0. The fourth-order valence-electron chi connectivity index (χ4n) is 4.46. The molecular weight excluding hydrogens is 440 g/mol. The normalized spacial score (nSPS) is 15.8. The van der Waals surface area contributed by atoms with Crippen molar-refractivity contribution in [2.45, 2.75) is 13.8 Å². The van der Waals surface area contributed by atoms with Crippen molar-refractivity contribution in [2.75, 3.05) is 25.0 Å². The molecule has 2 N–H and O–H groups in total. The molecule has 0 spiro atoms. The van der Waals surface area contributed by atoms with E-state index in [1.165, 1.54) is 17.7 Å². The predicted octanol–water partition coefficient (Wildman–Crippen LogP) is 2.52. The van der Waals surface area contributed by atoms with Gasteiger partial charge >= 0.3 is 0 Å². The lowest BCUT2D eigenvalue weighted by Crippen LogP contribution is -2.54. The lowest BCUT2D eigenvalue weighted by Gasteiger charge is -2.45. The molecule has 0 aromatic carbocycles. The fourth-order valence-corrected chi connectivity index (χ4v) is 5.52. The average molecular weight is 461 g/mol. The van der Waals surface area contributed by atoms with Gasteiger partial charge in [0.1, 0.15) is 27.6 Å². The van der Waals surface area contributed by atoms with Crippen LogP contribution in [0.2, 0.25) is 0 Å². The van der Waals surface area contributed by atoms with Crippen molar-refractivity contribution < 1.29 is 4.79 Å². The minimum absolute atomic E-state index is 0.102. The van der Waals surface area contributed by atoms with E-state index in [1.54, 1.807) is 29.2 Å². The summed E-state index contributed by atoms with van der Waals surface area (Å²) in [6, 6.07) is 1.72. The van der Waals surface area contributed by atoms with Gasteiger partial charge in [-0.2, -0.15) is 5.10 Å². The van der Waals surface area contributed by atoms with Crippen LogP contribution in [0.1, 0.15) is 13.8 Å². The first-order valence-electron chi connectivity index (χ1n) is 10.5. The molecule has 1 amide bonds. The summed E-state index contributed by atoms with van der Waals surface area (Å²) < 4.78 is 1.69. The highest BCUT2D eigenvalue weighted by atomic mass is 32.1. The molecule has 0 aliphatic carbocycles. The van der Waals surface area contributed by atoms with Crippen LogP contribution in [0.4, 0.5) is 5.69 Å². The molecule has 33 heavy (non-hydrogen) atoms. The number of rotatable bonds is 4. The Kier molecular flexibility index (Phi) is 4.32. The second-order valence-corrected chi connectivity index (χ2v) is 10.2. The maximum atomic E-state index is 13.0. The van der Waals surface area contributed by atoms with Crippen molar-refractivity contribution in [3.8, 4) is 10.4 Å². The summed E-state index contributed by atoms with van der Waals surface area (Å²) >= 11 is 1.44. The summed E-state index contributed by atoms with van der Waals surface area (Å²) in [7, 11) is 0. The summed E-state index contributed by atoms with van der Waals surface area (Å²) in [6.07, 6.45) is 8.37. The van der Waals surface area contributed by atoms with E-state index >= 15 is 0 Å². The smallest absolute Gasteiger partial charge is 0.261 e. The molecule has 0 bridgehead atoms. The number of likely N-dealkylation sites (tertiary alicyclic amines) is 1. The third-order valence-electron chi connectivity index (χ3n) is 5.70. The lowest BCUT2D eigenvalue weighted by molar-refractivity contribution is -0.120. The summed E-state index contributed by atoms with van der Waals surface area (Å²) in [6.45, 7) is 6.50. The molecule has 1 fully saturated rings. The highest BCUT2D eigenvalue weighted by molar-refractivity contribution is 7.21. The van der Waals surface area contributed by atoms with Gasteiger partial charge in [-0.25, -0.2) is 14.5 Å². The molecule has 5 aromatic heterocycles. The summed E-state index contributed by atoms with van der Waals surface area (Å²) in [5.74, 6) is -0.102. The Morgan fingerprint density at radius 3 is 2.76 bits per heavy atom. The van der Waals surface area contributed by atoms with Crippen LogP contribution in [0.15, 0.2) is 42.0 Å². The zero-order chi connectivity index (χ0) is 22.7. The molecule has 1 aliphatic heterocycles. The zero-order valence-electron chi connectivity index (χ0n) is 18.0. The SMILES string of the molecule is CC1(C)CN(CC(=O)Nc2cnc3c(c2)[nH]c(=O)c2c3nn3cc(-c4cncnc4)sc23)C1. The third-order valence-corrected chi connectivity index (χ3v) is 6.84. The van der Waals surface area contributed by atoms with Crippen molar-refractivity contribution in [1.82, 2.24) is 34.4 Å². The Morgan fingerprint density at radius 1 is 1.21 bits per heavy atom. The van der Waals surface area contributed by atoms with E-state index in [0.29, 0.717) is 34.2 Å². The second-order valence-electron chi connectivity index (χ2n) is 9.13. The van der Waals surface area contributed by atoms with Gasteiger partial charge in [0, 0.05) is 37.2 Å². The van der Waals surface area contributed by atoms with E-state index in [1.807, 2.05) is 6.20 Å². The number of aromatic nitrogens is 6. The summed E-state index contributed by atoms with van der Waals surface area (Å²) in [5.41, 5.74) is 3.04. The number of nitrogens with one attached hydrogen (secondary N) is 2. The Morgan fingerprint density at radius 2 is 2.00 bits per heavy atom. The van der Waals surface area contributed by atoms with Crippen molar-refractivity contribution in [1.29, 1.82) is 0 Å². The van der Waals surface area contributed by atoms with E-state index in [9.17, 15) is 9.59 Å². The molecule has 0 radical (unpaired) electrons. The first kappa shape index (κ1) is 19.9. The van der Waals surface area contributed by atoms with E-state index in [2.05, 4.69) is 49.1 Å². The van der Waals surface area contributed by atoms with Crippen molar-refractivity contribution in [2.24, 2.45) is 5.41 Å². The number of aromatic amines is 1. The van der Waals surface area contributed by atoms with Crippen molar-refractivity contribution in [3.05, 3.63) is 47.5 Å². The fraction of sp³-hybridized carbons (Fsp3) is 0.273. The van der Waals surface area contributed by atoms with Gasteiger partial charge in [0.15, 0.2) is 0 Å². The van der Waals surface area contributed by atoms with Crippen LogP contribution in [0.25, 0.3) is 37.2 Å². The molecule has 1 aliphatic rings. The van der Waals surface area contributed by atoms with E-state index in [4.69, 9.17) is 0 Å². The number of hydrogen-bond acceptors (Lipinski definition) is 8. The number of fused-ring (bicyclic) bond motifs is 5. The van der Waals surface area contributed by atoms with Crippen LogP contribution in [-0.2, 0) is 4.79 Å². The summed E-state index contributed by atoms with van der Waals surface area (Å²) in [5, 5.41) is 7.98. The molecule has 166 valence electrons. The molecule has 0 unspecified atom stereocenters. The van der Waals surface area contributed by atoms with Crippen molar-refractivity contribution in [3.63, 3.8) is 0 Å². The second kappa shape index (κ2) is 7.15. The van der Waals surface area contributed by atoms with Gasteiger partial charge in [-0.15, -0.1) is 11.3 Å². The standard InChI is InChI=1S/C22H20N8O2S/c1-22(2)9-29(10-22)8-16(31)26-13-3-14-18(25-6-13)19-17(20(32)27-14)21-30(28-19)7-15(33-21)12-4-23-11-24-5-12/h3-7,11H,8-10H2,1-2H3,(H,26,31)(H,27,32). The molecule has 10 nitrogen and oxygen atoms in total. The average Bonchev–Trinajstić information content (AvgIpc) is 3.31. The van der Waals surface area contributed by atoms with Gasteiger partial charge in [-0.05, 0) is 11.5 Å². The number of hydrogen-bond donors (Lipinski definition) is 2. The first-order valence-corrected chi connectivity index (χ1v) is 11.3. The van der Waals surface area contributed by atoms with Crippen LogP contribution < -0.4 is 10.9 Å². The summed E-state index contributed by atoms with van der Waals surface area (Å²) in [4.78, 5) is 44.6. The number of carbonyl (C=O) groups is 1. The lowest BCUT2D eigenvalue weighted by atomic mass is 9.84. The Labute approximate surface area is 191 Å². The van der Waals surface area contributed by atoms with Gasteiger partial charge in [-0.3, -0.25) is 19.5 Å². The van der Waals surface area contributed by atoms with Crippen LogP contribution >= 0.6 is 11.3 Å². The van der Waals surface area contributed by atoms with E-state index in [-0.39, 0.29) is 16.9 Å². The number of nitrogens with zero attached hydrogens (tertiary/aromatic N) is 6. The molecular formula is C22H20N8O2S. The van der Waals surface area contributed by atoms with Crippen LogP contribution in [0.3, 0.4) is 0 Å². The van der Waals surface area contributed by atoms with Gasteiger partial charge in [0.2, 0.25) is 5.91 Å². The third kappa shape index (κ3) is 3.45. The Bertz CT molecular complexity index is 1590. The number of carbonyl (C=O) groups excluding carboxylic acids is 1.